The van der Waals surface area contributed by atoms with Crippen molar-refractivity contribution in [2.75, 3.05) is 51.3 Å². The van der Waals surface area contributed by atoms with Gasteiger partial charge in [-0.2, -0.15) is 0 Å². The molecule has 0 radical (unpaired) electrons. The number of ether oxygens (including phenoxy) is 1. The van der Waals surface area contributed by atoms with E-state index >= 15 is 0 Å². The van der Waals surface area contributed by atoms with E-state index in [-0.39, 0.29) is 30.7 Å². The van der Waals surface area contributed by atoms with Crippen LogP contribution in [0.5, 0.6) is 0 Å². The van der Waals surface area contributed by atoms with Gasteiger partial charge in [0.2, 0.25) is 5.91 Å². The molecule has 5 rings (SSSR count). The Morgan fingerprint density at radius 1 is 1.09 bits per heavy atom. The van der Waals surface area contributed by atoms with Crippen LogP contribution in [0.4, 0.5) is 5.69 Å². The van der Waals surface area contributed by atoms with Crippen molar-refractivity contribution in [1.29, 1.82) is 0 Å². The van der Waals surface area contributed by atoms with Crippen LogP contribution in [0.15, 0.2) is 24.3 Å². The number of Topliss-reactive ketones (excluding diaryl/α,β-unsaturated/α-hetero) is 1. The van der Waals surface area contributed by atoms with Crippen molar-refractivity contribution >= 4 is 23.3 Å². The standard InChI is InChI=1S/C24H32N4O5/c1-26-10-12-27(13-11-26)17-6-4-16(5-7-17)22(31)25-24(8-2-3-9-24)23(32)28-14-18(29)21-20(28)19(30)15-33-21/h4-7,18,20-21,29H,2-3,8-15H2,1H3,(H,25,31)/t18-,20-,21-/m1/s1. The Morgan fingerprint density at radius 2 is 1.76 bits per heavy atom. The molecule has 9 nitrogen and oxygen atoms in total. The number of rotatable bonds is 4. The molecule has 3 atom stereocenters. The first-order chi connectivity index (χ1) is 15.9. The summed E-state index contributed by atoms with van der Waals surface area (Å²) in [5.74, 6) is -0.767. The molecule has 3 saturated heterocycles. The number of anilines is 1. The molecule has 9 heteroatoms. The first-order valence-corrected chi connectivity index (χ1v) is 11.9. The monoisotopic (exact) mass is 456 g/mol. The topological polar surface area (TPSA) is 102 Å². The Bertz CT molecular complexity index is 921. The quantitative estimate of drug-likeness (QED) is 0.659. The fourth-order valence-electron chi connectivity index (χ4n) is 5.66. The summed E-state index contributed by atoms with van der Waals surface area (Å²) in [5.41, 5.74) is 0.541. The minimum Gasteiger partial charge on any atom is -0.388 e. The number of benzene rings is 1. The second-order valence-corrected chi connectivity index (χ2v) is 9.79. The van der Waals surface area contributed by atoms with Gasteiger partial charge < -0.3 is 29.9 Å². The van der Waals surface area contributed by atoms with E-state index in [4.69, 9.17) is 4.74 Å². The number of amides is 2. The third kappa shape index (κ3) is 4.02. The summed E-state index contributed by atoms with van der Waals surface area (Å²) in [6, 6.07) is 6.77. The minimum absolute atomic E-state index is 0.0528. The first-order valence-electron chi connectivity index (χ1n) is 11.9. The van der Waals surface area contributed by atoms with Gasteiger partial charge >= 0.3 is 0 Å². The normalized spacial score (nSPS) is 29.4. The molecule has 0 unspecified atom stereocenters. The van der Waals surface area contributed by atoms with Crippen LogP contribution in [0, 0.1) is 0 Å². The van der Waals surface area contributed by atoms with E-state index in [0.717, 1.165) is 44.7 Å². The summed E-state index contributed by atoms with van der Waals surface area (Å²) < 4.78 is 5.41. The lowest BCUT2D eigenvalue weighted by molar-refractivity contribution is -0.142. The lowest BCUT2D eigenvalue weighted by Gasteiger charge is -2.35. The molecule has 1 aliphatic carbocycles. The summed E-state index contributed by atoms with van der Waals surface area (Å²) in [6.45, 7) is 3.88. The zero-order chi connectivity index (χ0) is 23.2. The Labute approximate surface area is 193 Å². The number of β-amino-alcohol motifs (C(OH)–C–C–N with tert-alkyl or cyclic N) is 1. The number of fused-ring (bicyclic) bond motifs is 1. The molecule has 178 valence electrons. The molecule has 0 bridgehead atoms. The Morgan fingerprint density at radius 3 is 2.42 bits per heavy atom. The van der Waals surface area contributed by atoms with E-state index in [1.807, 2.05) is 12.1 Å². The molecule has 3 heterocycles. The van der Waals surface area contributed by atoms with Gasteiger partial charge in [-0.1, -0.05) is 12.8 Å². The van der Waals surface area contributed by atoms with Crippen LogP contribution in [0.25, 0.3) is 0 Å². The number of aliphatic hydroxyl groups is 1. The molecule has 3 aliphatic heterocycles. The second-order valence-electron chi connectivity index (χ2n) is 9.79. The van der Waals surface area contributed by atoms with Gasteiger partial charge in [-0.25, -0.2) is 0 Å². The molecule has 4 fully saturated rings. The van der Waals surface area contributed by atoms with Crippen molar-refractivity contribution in [3.05, 3.63) is 29.8 Å². The number of carbonyl (C=O) groups is 3. The zero-order valence-corrected chi connectivity index (χ0v) is 19.0. The molecule has 4 aliphatic rings. The van der Waals surface area contributed by atoms with Crippen molar-refractivity contribution in [2.45, 2.75) is 49.5 Å². The summed E-state index contributed by atoms with van der Waals surface area (Å²) in [4.78, 5) is 45.2. The predicted octanol–water partition coefficient (Wildman–Crippen LogP) is 0.0206. The zero-order valence-electron chi connectivity index (χ0n) is 19.0. The van der Waals surface area contributed by atoms with Gasteiger partial charge in [0.1, 0.15) is 30.4 Å². The molecular weight excluding hydrogens is 424 g/mol. The Kier molecular flexibility index (Phi) is 5.88. The number of hydrogen-bond acceptors (Lipinski definition) is 7. The highest BCUT2D eigenvalue weighted by molar-refractivity contribution is 6.01. The van der Waals surface area contributed by atoms with Gasteiger partial charge in [0.05, 0.1) is 6.54 Å². The van der Waals surface area contributed by atoms with E-state index in [0.29, 0.717) is 18.4 Å². The average molecular weight is 457 g/mol. The number of nitrogens with zero attached hydrogens (tertiary/aromatic N) is 3. The van der Waals surface area contributed by atoms with Crippen molar-refractivity contribution in [1.82, 2.24) is 15.1 Å². The van der Waals surface area contributed by atoms with Gasteiger partial charge in [-0.3, -0.25) is 14.4 Å². The van der Waals surface area contributed by atoms with Crippen LogP contribution < -0.4 is 10.2 Å². The highest BCUT2D eigenvalue weighted by Crippen LogP contribution is 2.36. The third-order valence-electron chi connectivity index (χ3n) is 7.64. The molecule has 1 aromatic carbocycles. The first kappa shape index (κ1) is 22.3. The van der Waals surface area contributed by atoms with Crippen LogP contribution in [-0.2, 0) is 14.3 Å². The number of likely N-dealkylation sites (N-methyl/N-ethyl adjacent to an activating group) is 1. The molecule has 0 aromatic heterocycles. The Balaban J connectivity index is 1.30. The number of piperazine rings is 1. The lowest BCUT2D eigenvalue weighted by Crippen LogP contribution is -2.60. The summed E-state index contributed by atoms with van der Waals surface area (Å²) >= 11 is 0. The molecule has 33 heavy (non-hydrogen) atoms. The molecule has 0 spiro atoms. The van der Waals surface area contributed by atoms with Crippen LogP contribution in [0.3, 0.4) is 0 Å². The number of carbonyl (C=O) groups excluding carboxylic acids is 3. The van der Waals surface area contributed by atoms with Crippen molar-refractivity contribution in [3.8, 4) is 0 Å². The van der Waals surface area contributed by atoms with Crippen molar-refractivity contribution in [2.24, 2.45) is 0 Å². The third-order valence-corrected chi connectivity index (χ3v) is 7.64. The van der Waals surface area contributed by atoms with E-state index < -0.39 is 23.8 Å². The molecule has 1 aromatic rings. The second kappa shape index (κ2) is 8.70. The smallest absolute Gasteiger partial charge is 0.252 e. The lowest BCUT2D eigenvalue weighted by atomic mass is 9.93. The van der Waals surface area contributed by atoms with Crippen LogP contribution >= 0.6 is 0 Å². The highest BCUT2D eigenvalue weighted by atomic mass is 16.5. The summed E-state index contributed by atoms with van der Waals surface area (Å²) in [6.07, 6.45) is 1.14. The number of ketones is 1. The molecule has 2 amide bonds. The van der Waals surface area contributed by atoms with E-state index in [1.165, 1.54) is 4.90 Å². The largest absolute Gasteiger partial charge is 0.388 e. The highest BCUT2D eigenvalue weighted by Gasteiger charge is 2.56. The Hall–Kier alpha value is -2.49. The van der Waals surface area contributed by atoms with Gasteiger partial charge in [0.15, 0.2) is 5.78 Å². The maximum Gasteiger partial charge on any atom is 0.252 e. The number of nitrogens with one attached hydrogen (secondary N) is 1. The summed E-state index contributed by atoms with van der Waals surface area (Å²) in [7, 11) is 2.11. The van der Waals surface area contributed by atoms with Gasteiger partial charge in [0.25, 0.3) is 5.91 Å². The van der Waals surface area contributed by atoms with Gasteiger partial charge in [-0.05, 0) is 44.2 Å². The fourth-order valence-corrected chi connectivity index (χ4v) is 5.66. The summed E-state index contributed by atoms with van der Waals surface area (Å²) in [5, 5.41) is 13.3. The molecule has 1 saturated carbocycles. The maximum absolute atomic E-state index is 13.6. The van der Waals surface area contributed by atoms with Crippen molar-refractivity contribution < 1.29 is 24.2 Å². The minimum atomic E-state index is -1.05. The molecular formula is C24H32N4O5. The maximum atomic E-state index is 13.6. The SMILES string of the molecule is CN1CCN(c2ccc(C(=O)NC3(C(=O)N4C[C@@H](O)[C@H]5OCC(=O)[C@H]54)CCCC3)cc2)CC1. The van der Waals surface area contributed by atoms with E-state index in [9.17, 15) is 19.5 Å². The fraction of sp³-hybridized carbons (Fsp3) is 0.625. The molecule has 2 N–H and O–H groups in total. The van der Waals surface area contributed by atoms with Crippen LogP contribution in [0.2, 0.25) is 0 Å². The van der Waals surface area contributed by atoms with Gasteiger partial charge in [0, 0.05) is 37.4 Å². The van der Waals surface area contributed by atoms with Crippen molar-refractivity contribution in [3.63, 3.8) is 0 Å². The number of likely N-dealkylation sites (tertiary alicyclic amines) is 1. The average Bonchev–Trinajstić information content (AvgIpc) is 3.53. The predicted molar refractivity (Wildman–Crippen MR) is 121 cm³/mol. The number of aliphatic hydroxyl groups excluding tert-OH is 1. The number of hydrogen-bond donors (Lipinski definition) is 2. The van der Waals surface area contributed by atoms with Crippen LogP contribution in [0.1, 0.15) is 36.0 Å². The van der Waals surface area contributed by atoms with E-state index in [2.05, 4.69) is 22.2 Å². The van der Waals surface area contributed by atoms with Gasteiger partial charge in [-0.15, -0.1) is 0 Å². The van der Waals surface area contributed by atoms with E-state index in [1.54, 1.807) is 12.1 Å². The van der Waals surface area contributed by atoms with Crippen LogP contribution in [-0.4, -0.2) is 103 Å².